The number of rotatable bonds is 3. The molecule has 5 heteroatoms. The van der Waals surface area contributed by atoms with Gasteiger partial charge in [0.1, 0.15) is 11.5 Å². The average molecular weight is 315 g/mol. The molecular weight excluding hydrogens is 296 g/mol. The molecule has 114 valence electrons. The van der Waals surface area contributed by atoms with E-state index in [-0.39, 0.29) is 0 Å². The number of fused-ring (bicyclic) bond motifs is 1. The lowest BCUT2D eigenvalue weighted by molar-refractivity contribution is 0.577. The normalized spacial score (nSPS) is 19.3. The van der Waals surface area contributed by atoms with Crippen LogP contribution in [0.3, 0.4) is 0 Å². The van der Waals surface area contributed by atoms with Crippen LogP contribution in [-0.4, -0.2) is 21.7 Å². The summed E-state index contributed by atoms with van der Waals surface area (Å²) in [6.45, 7) is 0. The van der Waals surface area contributed by atoms with Crippen LogP contribution in [0.2, 0.25) is 5.02 Å². The molecule has 2 N–H and O–H groups in total. The molecule has 1 aliphatic heterocycles. The van der Waals surface area contributed by atoms with Gasteiger partial charge in [-0.25, -0.2) is 9.98 Å². The van der Waals surface area contributed by atoms with E-state index in [1.807, 2.05) is 12.3 Å². The van der Waals surface area contributed by atoms with Crippen molar-refractivity contribution < 1.29 is 0 Å². The van der Waals surface area contributed by atoms with Gasteiger partial charge in [0.15, 0.2) is 0 Å². The molecule has 1 fully saturated rings. The maximum absolute atomic E-state index is 6.41. The average Bonchev–Trinajstić information content (AvgIpc) is 3.18. The van der Waals surface area contributed by atoms with Crippen LogP contribution in [0.4, 0.5) is 0 Å². The van der Waals surface area contributed by atoms with E-state index in [9.17, 15) is 0 Å². The minimum atomic E-state index is 0.578. The Morgan fingerprint density at radius 3 is 3.00 bits per heavy atom. The number of halogens is 1. The number of nitrogens with one attached hydrogen (secondary N) is 2. The van der Waals surface area contributed by atoms with Gasteiger partial charge in [0.2, 0.25) is 0 Å². The highest BCUT2D eigenvalue weighted by molar-refractivity contribution is 6.36. The van der Waals surface area contributed by atoms with Crippen LogP contribution in [0.25, 0.3) is 11.0 Å². The van der Waals surface area contributed by atoms with E-state index >= 15 is 0 Å². The third kappa shape index (κ3) is 2.52. The third-order valence-corrected chi connectivity index (χ3v) is 4.80. The van der Waals surface area contributed by atoms with Crippen molar-refractivity contribution in [2.24, 2.45) is 4.99 Å². The fourth-order valence-corrected chi connectivity index (χ4v) is 3.68. The third-order valence-electron chi connectivity index (χ3n) is 4.51. The number of hydrogen-bond donors (Lipinski definition) is 2. The van der Waals surface area contributed by atoms with E-state index in [0.29, 0.717) is 11.1 Å². The second kappa shape index (κ2) is 5.76. The lowest BCUT2D eigenvalue weighted by Gasteiger charge is -2.19. The van der Waals surface area contributed by atoms with Crippen LogP contribution in [0.1, 0.15) is 44.1 Å². The first kappa shape index (κ1) is 13.8. The van der Waals surface area contributed by atoms with E-state index in [1.165, 1.54) is 25.7 Å². The summed E-state index contributed by atoms with van der Waals surface area (Å²) in [5.74, 6) is 1.00. The SMILES string of the molecule is Clc1cnc2[nH]ccc2c1C1=NC(NC2CCCC2)=CCC1. The summed E-state index contributed by atoms with van der Waals surface area (Å²) in [6.07, 6.45) is 12.9. The minimum Gasteiger partial charge on any atom is -0.368 e. The predicted molar refractivity (Wildman–Crippen MR) is 90.3 cm³/mol. The van der Waals surface area contributed by atoms with Gasteiger partial charge in [0, 0.05) is 29.4 Å². The summed E-state index contributed by atoms with van der Waals surface area (Å²) in [4.78, 5) is 12.3. The summed E-state index contributed by atoms with van der Waals surface area (Å²) in [6, 6.07) is 2.60. The van der Waals surface area contributed by atoms with E-state index in [2.05, 4.69) is 21.4 Å². The van der Waals surface area contributed by atoms with Crippen molar-refractivity contribution in [3.05, 3.63) is 40.9 Å². The Morgan fingerprint density at radius 2 is 2.14 bits per heavy atom. The molecular formula is C17H19ClN4. The Bertz CT molecular complexity index is 753. The van der Waals surface area contributed by atoms with E-state index in [0.717, 1.165) is 41.0 Å². The predicted octanol–water partition coefficient (Wildman–Crippen LogP) is 4.17. The Hall–Kier alpha value is -1.81. The van der Waals surface area contributed by atoms with E-state index < -0.39 is 0 Å². The first-order chi connectivity index (χ1) is 10.8. The highest BCUT2D eigenvalue weighted by atomic mass is 35.5. The van der Waals surface area contributed by atoms with Crippen LogP contribution in [0, 0.1) is 0 Å². The molecule has 4 rings (SSSR count). The standard InChI is InChI=1S/C17H19ClN4/c18-13-10-20-17-12(8-9-19-17)16(13)14-6-3-7-15(22-14)21-11-4-1-2-5-11/h7-11,21H,1-6H2,(H,19,20). The summed E-state index contributed by atoms with van der Waals surface area (Å²) in [5.41, 5.74) is 2.94. The highest BCUT2D eigenvalue weighted by Gasteiger charge is 2.19. The molecule has 0 amide bonds. The zero-order valence-electron chi connectivity index (χ0n) is 12.4. The molecule has 2 aliphatic rings. The maximum Gasteiger partial charge on any atom is 0.137 e. The number of pyridine rings is 1. The molecule has 0 radical (unpaired) electrons. The van der Waals surface area contributed by atoms with Gasteiger partial charge < -0.3 is 10.3 Å². The summed E-state index contributed by atoms with van der Waals surface area (Å²) >= 11 is 6.41. The van der Waals surface area contributed by atoms with Crippen molar-refractivity contribution in [3.63, 3.8) is 0 Å². The monoisotopic (exact) mass is 314 g/mol. The lowest BCUT2D eigenvalue weighted by Crippen LogP contribution is -2.26. The number of hydrogen-bond acceptors (Lipinski definition) is 3. The van der Waals surface area contributed by atoms with Crippen molar-refractivity contribution in [2.45, 2.75) is 44.6 Å². The zero-order valence-corrected chi connectivity index (χ0v) is 13.2. The van der Waals surface area contributed by atoms with Gasteiger partial charge in [0.25, 0.3) is 0 Å². The van der Waals surface area contributed by atoms with Gasteiger partial charge in [-0.15, -0.1) is 0 Å². The molecule has 2 aromatic rings. The lowest BCUT2D eigenvalue weighted by atomic mass is 10.0. The highest BCUT2D eigenvalue weighted by Crippen LogP contribution is 2.28. The first-order valence-corrected chi connectivity index (χ1v) is 8.35. The molecule has 0 bridgehead atoms. The van der Waals surface area contributed by atoms with Crippen LogP contribution in [0.5, 0.6) is 0 Å². The van der Waals surface area contributed by atoms with Gasteiger partial charge in [-0.1, -0.05) is 24.4 Å². The summed E-state index contributed by atoms with van der Waals surface area (Å²) < 4.78 is 0. The number of aromatic amines is 1. The molecule has 0 spiro atoms. The number of nitrogens with zero attached hydrogens (tertiary/aromatic N) is 2. The molecule has 0 saturated heterocycles. The van der Waals surface area contributed by atoms with Crippen molar-refractivity contribution in [2.75, 3.05) is 0 Å². The topological polar surface area (TPSA) is 53.1 Å². The van der Waals surface area contributed by atoms with Crippen LogP contribution >= 0.6 is 11.6 Å². The number of allylic oxidation sites excluding steroid dienone is 1. The molecule has 0 unspecified atom stereocenters. The fraction of sp³-hybridized carbons (Fsp3) is 0.412. The molecule has 22 heavy (non-hydrogen) atoms. The molecule has 4 nitrogen and oxygen atoms in total. The Balaban J connectivity index is 1.68. The minimum absolute atomic E-state index is 0.578. The second-order valence-electron chi connectivity index (χ2n) is 6.03. The summed E-state index contributed by atoms with van der Waals surface area (Å²) in [7, 11) is 0. The molecule has 1 saturated carbocycles. The summed E-state index contributed by atoms with van der Waals surface area (Å²) in [5, 5.41) is 5.31. The van der Waals surface area contributed by atoms with Crippen molar-refractivity contribution >= 4 is 28.3 Å². The first-order valence-electron chi connectivity index (χ1n) is 7.97. The van der Waals surface area contributed by atoms with E-state index in [1.54, 1.807) is 6.20 Å². The van der Waals surface area contributed by atoms with Crippen molar-refractivity contribution in [1.29, 1.82) is 0 Å². The number of aromatic nitrogens is 2. The van der Waals surface area contributed by atoms with Crippen molar-refractivity contribution in [1.82, 2.24) is 15.3 Å². The van der Waals surface area contributed by atoms with Crippen molar-refractivity contribution in [3.8, 4) is 0 Å². The van der Waals surface area contributed by atoms with Crippen LogP contribution < -0.4 is 5.32 Å². The van der Waals surface area contributed by atoms with Gasteiger partial charge >= 0.3 is 0 Å². The maximum atomic E-state index is 6.41. The van der Waals surface area contributed by atoms with Gasteiger partial charge in [-0.2, -0.15) is 0 Å². The number of aliphatic imine (C=N–C) groups is 1. The Labute approximate surface area is 134 Å². The zero-order chi connectivity index (χ0) is 14.9. The molecule has 2 aromatic heterocycles. The molecule has 1 aliphatic carbocycles. The molecule has 3 heterocycles. The fourth-order valence-electron chi connectivity index (χ4n) is 3.42. The quantitative estimate of drug-likeness (QED) is 0.893. The number of H-pyrrole nitrogens is 1. The second-order valence-corrected chi connectivity index (χ2v) is 6.44. The van der Waals surface area contributed by atoms with Gasteiger partial charge in [-0.3, -0.25) is 0 Å². The van der Waals surface area contributed by atoms with Crippen LogP contribution in [-0.2, 0) is 0 Å². The molecule has 0 aromatic carbocycles. The van der Waals surface area contributed by atoms with E-state index in [4.69, 9.17) is 16.6 Å². The smallest absolute Gasteiger partial charge is 0.137 e. The Morgan fingerprint density at radius 1 is 1.27 bits per heavy atom. The van der Waals surface area contributed by atoms with Crippen LogP contribution in [0.15, 0.2) is 35.3 Å². The largest absolute Gasteiger partial charge is 0.368 e. The van der Waals surface area contributed by atoms with Gasteiger partial charge in [-0.05, 0) is 37.8 Å². The molecule has 0 atom stereocenters. The van der Waals surface area contributed by atoms with Gasteiger partial charge in [0.05, 0.1) is 10.7 Å². The Kier molecular flexibility index (Phi) is 3.62.